The zero-order valence-electron chi connectivity index (χ0n) is 19.1. The zero-order chi connectivity index (χ0) is 23.4. The van der Waals surface area contributed by atoms with Crippen LogP contribution >= 0.6 is 0 Å². The van der Waals surface area contributed by atoms with Gasteiger partial charge in [-0.1, -0.05) is 12.2 Å². The van der Waals surface area contributed by atoms with Gasteiger partial charge in [0.1, 0.15) is 17.3 Å². The van der Waals surface area contributed by atoms with Crippen molar-refractivity contribution in [2.45, 2.75) is 18.9 Å². The molecule has 2 aliphatic rings. The first-order valence-corrected chi connectivity index (χ1v) is 10.9. The summed E-state index contributed by atoms with van der Waals surface area (Å²) < 4.78 is 5.61. The molecule has 0 saturated carbocycles. The lowest BCUT2D eigenvalue weighted by atomic mass is 10.1. The first-order valence-electron chi connectivity index (χ1n) is 10.9. The number of anilines is 4. The van der Waals surface area contributed by atoms with Crippen molar-refractivity contribution in [1.29, 1.82) is 0 Å². The molecule has 1 atom stereocenters. The first-order chi connectivity index (χ1) is 16.0. The Bertz CT molecular complexity index is 1070. The molecule has 3 heterocycles. The number of hydrogen-bond acceptors (Lipinski definition) is 9. The Kier molecular flexibility index (Phi) is 6.74. The number of nitro groups is 1. The van der Waals surface area contributed by atoms with Crippen LogP contribution in [0.3, 0.4) is 0 Å². The molecule has 1 N–H and O–H groups in total. The number of benzene rings is 1. The molecule has 10 nitrogen and oxygen atoms in total. The minimum absolute atomic E-state index is 0.0317. The number of nitrogens with zero attached hydrogens (tertiary/aromatic N) is 6. The van der Waals surface area contributed by atoms with E-state index >= 15 is 0 Å². The summed E-state index contributed by atoms with van der Waals surface area (Å²) in [5.41, 5.74) is 1.05. The second-order valence-electron chi connectivity index (χ2n) is 8.34. The third kappa shape index (κ3) is 5.06. The number of ether oxygens (including phenoxy) is 1. The van der Waals surface area contributed by atoms with Crippen LogP contribution in [-0.2, 0) is 0 Å². The van der Waals surface area contributed by atoms with E-state index < -0.39 is 0 Å². The number of nitro benzene ring substituents is 1. The number of allylic oxidation sites excluding steroid dienone is 2. The molecular formula is C23H29N7O3. The maximum Gasteiger partial charge on any atom is 0.294 e. The lowest BCUT2D eigenvalue weighted by Gasteiger charge is -2.29. The highest BCUT2D eigenvalue weighted by Gasteiger charge is 2.31. The van der Waals surface area contributed by atoms with Gasteiger partial charge in [-0.05, 0) is 39.1 Å². The van der Waals surface area contributed by atoms with Gasteiger partial charge in [-0.25, -0.2) is 4.98 Å². The van der Waals surface area contributed by atoms with E-state index in [0.717, 1.165) is 31.7 Å². The van der Waals surface area contributed by atoms with E-state index in [9.17, 15) is 10.1 Å². The van der Waals surface area contributed by atoms with Gasteiger partial charge in [0.15, 0.2) is 0 Å². The molecule has 0 radical (unpaired) electrons. The molecule has 0 spiro atoms. The lowest BCUT2D eigenvalue weighted by Crippen LogP contribution is -2.37. The second-order valence-corrected chi connectivity index (χ2v) is 8.34. The zero-order valence-corrected chi connectivity index (χ0v) is 19.1. The topological polar surface area (TPSA) is 99.9 Å². The van der Waals surface area contributed by atoms with Crippen LogP contribution in [0.5, 0.6) is 5.75 Å². The van der Waals surface area contributed by atoms with Crippen LogP contribution in [0.15, 0.2) is 48.8 Å². The molecule has 174 valence electrons. The molecule has 1 aromatic heterocycles. The van der Waals surface area contributed by atoms with Gasteiger partial charge >= 0.3 is 0 Å². The SMILES string of the molecule is COc1cc(N2CCCC2CN(C)C)c([N+](=O)[O-])cc1Nc1nccc(N2C=CC=CC2)n1. The summed E-state index contributed by atoms with van der Waals surface area (Å²) in [7, 11) is 5.59. The van der Waals surface area contributed by atoms with Crippen molar-refractivity contribution in [2.75, 3.05) is 56.0 Å². The monoisotopic (exact) mass is 451 g/mol. The predicted molar refractivity (Wildman–Crippen MR) is 130 cm³/mol. The van der Waals surface area contributed by atoms with Gasteiger partial charge in [0.2, 0.25) is 5.95 Å². The van der Waals surface area contributed by atoms with Crippen molar-refractivity contribution in [2.24, 2.45) is 0 Å². The third-order valence-corrected chi connectivity index (χ3v) is 5.75. The van der Waals surface area contributed by atoms with Crippen LogP contribution in [0.1, 0.15) is 12.8 Å². The normalized spacial score (nSPS) is 17.6. The first kappa shape index (κ1) is 22.5. The fourth-order valence-electron chi connectivity index (χ4n) is 4.29. The molecule has 2 aliphatic heterocycles. The van der Waals surface area contributed by atoms with Crippen molar-refractivity contribution in [3.05, 3.63) is 58.9 Å². The molecule has 0 aliphatic carbocycles. The van der Waals surface area contributed by atoms with E-state index in [-0.39, 0.29) is 16.7 Å². The Balaban J connectivity index is 1.66. The molecule has 2 aromatic rings. The molecule has 1 aromatic carbocycles. The standard InChI is InChI=1S/C23H29N7O3/c1-27(2)16-17-8-7-13-29(17)19-15-21(33-3)18(14-20(19)30(31)32)25-23-24-10-9-22(26-23)28-11-5-4-6-12-28/h4-6,9-11,14-15,17H,7-8,12-13,16H2,1-3H3,(H,24,25,26). The van der Waals surface area contributed by atoms with Crippen molar-refractivity contribution in [1.82, 2.24) is 14.9 Å². The molecule has 0 amide bonds. The largest absolute Gasteiger partial charge is 0.494 e. The highest BCUT2D eigenvalue weighted by molar-refractivity contribution is 5.77. The minimum atomic E-state index is -0.340. The average Bonchev–Trinajstić information content (AvgIpc) is 3.26. The molecule has 0 bridgehead atoms. The molecule has 1 saturated heterocycles. The maximum absolute atomic E-state index is 12.0. The number of hydrogen-bond donors (Lipinski definition) is 1. The Morgan fingerprint density at radius 1 is 1.33 bits per heavy atom. The van der Waals surface area contributed by atoms with Crippen LogP contribution in [0, 0.1) is 10.1 Å². The summed E-state index contributed by atoms with van der Waals surface area (Å²) >= 11 is 0. The van der Waals surface area contributed by atoms with Crippen LogP contribution in [0.2, 0.25) is 0 Å². The van der Waals surface area contributed by atoms with Gasteiger partial charge in [0, 0.05) is 50.2 Å². The van der Waals surface area contributed by atoms with Gasteiger partial charge in [-0.2, -0.15) is 4.98 Å². The Labute approximate surface area is 193 Å². The summed E-state index contributed by atoms with van der Waals surface area (Å²) in [4.78, 5) is 26.7. The molecule has 1 fully saturated rings. The van der Waals surface area contributed by atoms with Gasteiger partial charge in [-0.15, -0.1) is 0 Å². The summed E-state index contributed by atoms with van der Waals surface area (Å²) in [6, 6.07) is 5.29. The van der Waals surface area contributed by atoms with E-state index in [1.807, 2.05) is 49.5 Å². The summed E-state index contributed by atoms with van der Waals surface area (Å²) in [6.07, 6.45) is 11.5. The van der Waals surface area contributed by atoms with Crippen molar-refractivity contribution < 1.29 is 9.66 Å². The van der Waals surface area contributed by atoms with Gasteiger partial charge in [0.05, 0.1) is 17.7 Å². The molecule has 10 heteroatoms. The van der Waals surface area contributed by atoms with Crippen LogP contribution < -0.4 is 19.9 Å². The second kappa shape index (κ2) is 9.86. The van der Waals surface area contributed by atoms with Crippen molar-refractivity contribution in [3.63, 3.8) is 0 Å². The van der Waals surface area contributed by atoms with Crippen LogP contribution in [-0.4, -0.2) is 66.7 Å². The number of likely N-dealkylation sites (N-methyl/N-ethyl adjacent to an activating group) is 1. The van der Waals surface area contributed by atoms with Gasteiger partial charge < -0.3 is 24.8 Å². The van der Waals surface area contributed by atoms with Gasteiger partial charge in [-0.3, -0.25) is 10.1 Å². The highest BCUT2D eigenvalue weighted by Crippen LogP contribution is 2.41. The summed E-state index contributed by atoms with van der Waals surface area (Å²) in [6.45, 7) is 2.32. The third-order valence-electron chi connectivity index (χ3n) is 5.75. The highest BCUT2D eigenvalue weighted by atomic mass is 16.6. The van der Waals surface area contributed by atoms with Crippen LogP contribution in [0.4, 0.5) is 28.8 Å². The average molecular weight is 452 g/mol. The lowest BCUT2D eigenvalue weighted by molar-refractivity contribution is -0.384. The molecule has 4 rings (SSSR count). The predicted octanol–water partition coefficient (Wildman–Crippen LogP) is 3.56. The Hall–Kier alpha value is -3.66. The van der Waals surface area contributed by atoms with Crippen molar-refractivity contribution in [3.8, 4) is 5.75 Å². The van der Waals surface area contributed by atoms with E-state index in [4.69, 9.17) is 4.74 Å². The molecule has 33 heavy (non-hydrogen) atoms. The van der Waals surface area contributed by atoms with E-state index in [0.29, 0.717) is 29.6 Å². The number of methoxy groups -OCH3 is 1. The smallest absolute Gasteiger partial charge is 0.294 e. The fourth-order valence-corrected chi connectivity index (χ4v) is 4.29. The summed E-state index contributed by atoms with van der Waals surface area (Å²) in [5.74, 6) is 1.56. The van der Waals surface area contributed by atoms with Crippen LogP contribution in [0.25, 0.3) is 0 Å². The molecular weight excluding hydrogens is 422 g/mol. The maximum atomic E-state index is 12.0. The van der Waals surface area contributed by atoms with E-state index in [1.54, 1.807) is 19.4 Å². The van der Waals surface area contributed by atoms with E-state index in [1.165, 1.54) is 6.07 Å². The Morgan fingerprint density at radius 3 is 2.88 bits per heavy atom. The summed E-state index contributed by atoms with van der Waals surface area (Å²) in [5, 5.41) is 15.1. The molecule has 1 unspecified atom stereocenters. The minimum Gasteiger partial charge on any atom is -0.494 e. The number of aromatic nitrogens is 2. The number of rotatable bonds is 8. The quantitative estimate of drug-likeness (QED) is 0.477. The van der Waals surface area contributed by atoms with Gasteiger partial charge in [0.25, 0.3) is 5.69 Å². The van der Waals surface area contributed by atoms with E-state index in [2.05, 4.69) is 25.1 Å². The Morgan fingerprint density at radius 2 is 2.18 bits per heavy atom. The number of nitrogens with one attached hydrogen (secondary N) is 1. The fraction of sp³-hybridized carbons (Fsp3) is 0.391. The van der Waals surface area contributed by atoms with Crippen molar-refractivity contribution >= 4 is 28.8 Å².